The lowest BCUT2D eigenvalue weighted by Gasteiger charge is -2.45. The van der Waals surface area contributed by atoms with Crippen LogP contribution in [-0.2, 0) is 0 Å². The Balaban J connectivity index is 1.44. The van der Waals surface area contributed by atoms with Crippen LogP contribution in [0.3, 0.4) is 0 Å². The minimum Gasteiger partial charge on any atom is -0.393 e. The summed E-state index contributed by atoms with van der Waals surface area (Å²) in [7, 11) is 0. The van der Waals surface area contributed by atoms with Gasteiger partial charge in [-0.1, -0.05) is 37.1 Å². The van der Waals surface area contributed by atoms with Crippen LogP contribution in [0.25, 0.3) is 0 Å². The number of aliphatic hydroxyl groups is 3. The van der Waals surface area contributed by atoms with Crippen molar-refractivity contribution in [2.24, 2.45) is 23.2 Å². The Morgan fingerprint density at radius 1 is 1.10 bits per heavy atom. The molecule has 1 saturated heterocycles. The number of nitrogens with zero attached hydrogens (tertiary/aromatic N) is 1. The van der Waals surface area contributed by atoms with Gasteiger partial charge in [0.2, 0.25) is 0 Å². The van der Waals surface area contributed by atoms with E-state index in [4.69, 9.17) is 0 Å². The molecule has 0 spiro atoms. The van der Waals surface area contributed by atoms with E-state index >= 15 is 0 Å². The number of hydrogen-bond donors (Lipinski definition) is 3. The molecular weight excluding hydrogens is 374 g/mol. The lowest BCUT2D eigenvalue weighted by molar-refractivity contribution is 0.0547. The summed E-state index contributed by atoms with van der Waals surface area (Å²) in [5, 5.41) is 30.3. The predicted octanol–water partition coefficient (Wildman–Crippen LogP) is 4.05. The second kappa shape index (κ2) is 8.69. The number of rotatable bonds is 4. The molecule has 3 N–H and O–H groups in total. The van der Waals surface area contributed by atoms with Gasteiger partial charge in [-0.25, -0.2) is 0 Å². The van der Waals surface area contributed by atoms with Gasteiger partial charge >= 0.3 is 0 Å². The van der Waals surface area contributed by atoms with Crippen molar-refractivity contribution in [3.8, 4) is 0 Å². The number of β-amino-alcohol motifs (C(OH)–C–C–N with tert-alkyl or cyclic N) is 1. The highest BCUT2D eigenvalue weighted by Crippen LogP contribution is 2.59. The fourth-order valence-corrected chi connectivity index (χ4v) is 7.47. The standard InChI is InChI=1S/C26H43NO3/c1-18(16-27-12-11-25(2,30)17-27)23-8-9-24-20(5-4-10-26(23,24)3)7-6-19-13-21(28)15-22(29)14-19/h6-7,18,21-24,28-30H,4-5,8-17H2,1-3H3/b20-7+/t18-,21-,22-,23-,24+,25+,26-/m1/s1. The first-order chi connectivity index (χ1) is 14.2. The summed E-state index contributed by atoms with van der Waals surface area (Å²) in [5.74, 6) is 2.09. The summed E-state index contributed by atoms with van der Waals surface area (Å²) < 4.78 is 0. The molecule has 0 aromatic carbocycles. The molecule has 1 heterocycles. The molecule has 4 aliphatic rings. The highest BCUT2D eigenvalue weighted by atomic mass is 16.3. The summed E-state index contributed by atoms with van der Waals surface area (Å²) in [6, 6.07) is 0. The largest absolute Gasteiger partial charge is 0.393 e. The molecule has 4 fully saturated rings. The SMILES string of the molecule is C[C@H](CN1CC[C@](C)(O)C1)[C@H]1CC[C@H]2/C(=C/C=C3C[C@@H](O)C[C@H](O)C3)CCC[C@]12C. The van der Waals surface area contributed by atoms with Gasteiger partial charge in [0.05, 0.1) is 17.8 Å². The molecule has 0 aromatic heterocycles. The van der Waals surface area contributed by atoms with Crippen LogP contribution in [0.5, 0.6) is 0 Å². The maximum atomic E-state index is 10.3. The molecule has 4 nitrogen and oxygen atoms in total. The molecule has 0 bridgehead atoms. The van der Waals surface area contributed by atoms with Gasteiger partial charge in [0, 0.05) is 19.6 Å². The molecular formula is C26H43NO3. The Morgan fingerprint density at radius 3 is 2.50 bits per heavy atom. The van der Waals surface area contributed by atoms with Crippen molar-refractivity contribution in [1.82, 2.24) is 4.90 Å². The molecule has 7 atom stereocenters. The molecule has 170 valence electrons. The molecule has 0 aromatic rings. The minimum absolute atomic E-state index is 0.385. The zero-order valence-corrected chi connectivity index (χ0v) is 19.3. The predicted molar refractivity (Wildman–Crippen MR) is 121 cm³/mol. The van der Waals surface area contributed by atoms with Crippen LogP contribution in [0.4, 0.5) is 0 Å². The molecule has 30 heavy (non-hydrogen) atoms. The normalized spacial score (nSPS) is 45.0. The molecule has 3 saturated carbocycles. The fraction of sp³-hybridized carbons (Fsp3) is 0.846. The number of aliphatic hydroxyl groups excluding tert-OH is 2. The van der Waals surface area contributed by atoms with E-state index in [9.17, 15) is 15.3 Å². The maximum absolute atomic E-state index is 10.3. The average molecular weight is 418 g/mol. The third-order valence-corrected chi connectivity index (χ3v) is 8.87. The molecule has 0 radical (unpaired) electrons. The van der Waals surface area contributed by atoms with Crippen LogP contribution in [0.1, 0.15) is 78.6 Å². The van der Waals surface area contributed by atoms with Gasteiger partial charge in [0.1, 0.15) is 0 Å². The Bertz CT molecular complexity index is 672. The van der Waals surface area contributed by atoms with E-state index in [1.807, 2.05) is 6.92 Å². The Hall–Kier alpha value is -0.680. The summed E-state index contributed by atoms with van der Waals surface area (Å²) in [4.78, 5) is 2.48. The van der Waals surface area contributed by atoms with Crippen molar-refractivity contribution >= 4 is 0 Å². The third-order valence-electron chi connectivity index (χ3n) is 8.87. The van der Waals surface area contributed by atoms with E-state index in [0.717, 1.165) is 32.0 Å². The number of allylic oxidation sites excluding steroid dienone is 3. The number of likely N-dealkylation sites (tertiary alicyclic amines) is 1. The first kappa shape index (κ1) is 22.5. The van der Waals surface area contributed by atoms with Gasteiger partial charge in [-0.05, 0) is 87.9 Å². The highest BCUT2D eigenvalue weighted by Gasteiger charge is 2.51. The van der Waals surface area contributed by atoms with Crippen molar-refractivity contribution < 1.29 is 15.3 Å². The van der Waals surface area contributed by atoms with Gasteiger partial charge in [-0.15, -0.1) is 0 Å². The summed E-state index contributed by atoms with van der Waals surface area (Å²) in [6.45, 7) is 9.92. The molecule has 3 aliphatic carbocycles. The van der Waals surface area contributed by atoms with Crippen LogP contribution in [0, 0.1) is 23.2 Å². The molecule has 0 unspecified atom stereocenters. The van der Waals surface area contributed by atoms with E-state index in [0.29, 0.717) is 36.5 Å². The quantitative estimate of drug-likeness (QED) is 0.646. The van der Waals surface area contributed by atoms with Gasteiger partial charge in [-0.3, -0.25) is 0 Å². The zero-order chi connectivity index (χ0) is 21.5. The monoisotopic (exact) mass is 417 g/mol. The number of fused-ring (bicyclic) bond motifs is 1. The summed E-state index contributed by atoms with van der Waals surface area (Å²) >= 11 is 0. The van der Waals surface area contributed by atoms with Crippen LogP contribution >= 0.6 is 0 Å². The first-order valence-electron chi connectivity index (χ1n) is 12.4. The van der Waals surface area contributed by atoms with Crippen molar-refractivity contribution in [3.05, 3.63) is 23.3 Å². The zero-order valence-electron chi connectivity index (χ0n) is 19.3. The van der Waals surface area contributed by atoms with Crippen molar-refractivity contribution in [2.75, 3.05) is 19.6 Å². The molecule has 1 aliphatic heterocycles. The third kappa shape index (κ3) is 4.72. The number of hydrogen-bond acceptors (Lipinski definition) is 4. The van der Waals surface area contributed by atoms with Gasteiger partial charge in [0.15, 0.2) is 0 Å². The van der Waals surface area contributed by atoms with Crippen LogP contribution in [0.2, 0.25) is 0 Å². The minimum atomic E-state index is -0.504. The Kier molecular flexibility index (Phi) is 6.52. The van der Waals surface area contributed by atoms with Crippen molar-refractivity contribution in [1.29, 1.82) is 0 Å². The van der Waals surface area contributed by atoms with E-state index < -0.39 is 17.8 Å². The van der Waals surface area contributed by atoms with Crippen LogP contribution in [-0.4, -0.2) is 57.7 Å². The van der Waals surface area contributed by atoms with E-state index in [-0.39, 0.29) is 0 Å². The van der Waals surface area contributed by atoms with E-state index in [2.05, 4.69) is 30.9 Å². The Labute approximate surface area is 183 Å². The lowest BCUT2D eigenvalue weighted by Crippen LogP contribution is -2.40. The second-order valence-corrected chi connectivity index (χ2v) is 11.6. The van der Waals surface area contributed by atoms with Crippen LogP contribution in [0.15, 0.2) is 23.3 Å². The molecule has 0 amide bonds. The highest BCUT2D eigenvalue weighted by molar-refractivity contribution is 5.26. The second-order valence-electron chi connectivity index (χ2n) is 11.6. The molecule has 4 rings (SSSR count). The molecule has 4 heteroatoms. The van der Waals surface area contributed by atoms with Gasteiger partial charge in [0.25, 0.3) is 0 Å². The lowest BCUT2D eigenvalue weighted by atomic mass is 9.61. The van der Waals surface area contributed by atoms with Crippen LogP contribution < -0.4 is 0 Å². The van der Waals surface area contributed by atoms with E-state index in [1.165, 1.54) is 37.7 Å². The maximum Gasteiger partial charge on any atom is 0.0758 e. The Morgan fingerprint density at radius 2 is 1.83 bits per heavy atom. The fourth-order valence-electron chi connectivity index (χ4n) is 7.47. The van der Waals surface area contributed by atoms with Gasteiger partial charge in [-0.2, -0.15) is 0 Å². The van der Waals surface area contributed by atoms with Gasteiger partial charge < -0.3 is 20.2 Å². The summed E-state index contributed by atoms with van der Waals surface area (Å²) in [5.41, 5.74) is 2.68. The average Bonchev–Trinajstić information content (AvgIpc) is 3.18. The first-order valence-corrected chi connectivity index (χ1v) is 12.4. The van der Waals surface area contributed by atoms with E-state index in [1.54, 1.807) is 5.57 Å². The summed E-state index contributed by atoms with van der Waals surface area (Å²) in [6.07, 6.45) is 13.0. The smallest absolute Gasteiger partial charge is 0.0758 e. The van der Waals surface area contributed by atoms with Crippen molar-refractivity contribution in [3.63, 3.8) is 0 Å². The topological polar surface area (TPSA) is 63.9 Å². The van der Waals surface area contributed by atoms with Crippen molar-refractivity contribution in [2.45, 2.75) is 96.4 Å².